The van der Waals surface area contributed by atoms with E-state index in [1.54, 1.807) is 24.7 Å². The van der Waals surface area contributed by atoms with Crippen molar-refractivity contribution in [2.75, 3.05) is 0 Å². The molecule has 5 rings (SSSR count). The molecule has 3 saturated carbocycles. The molecule has 1 aromatic rings. The molecule has 0 radical (unpaired) electrons. The Morgan fingerprint density at radius 3 is 2.36 bits per heavy atom. The molecule has 7 nitrogen and oxygen atoms in total. The normalized spacial score (nSPS) is 50.7. The third-order valence-corrected chi connectivity index (χ3v) is 10.0. The Morgan fingerprint density at radius 2 is 1.73 bits per heavy atom. The van der Waals surface area contributed by atoms with Crippen molar-refractivity contribution in [2.24, 2.45) is 34.0 Å². The lowest BCUT2D eigenvalue weighted by Crippen LogP contribution is -2.73. The van der Waals surface area contributed by atoms with E-state index in [9.17, 15) is 24.9 Å². The summed E-state index contributed by atoms with van der Waals surface area (Å²) >= 11 is 0. The van der Waals surface area contributed by atoms with Crippen molar-refractivity contribution < 1.29 is 34.1 Å². The van der Waals surface area contributed by atoms with E-state index < -0.39 is 58.0 Å². The first-order valence-electron chi connectivity index (χ1n) is 11.8. The average molecular weight is 459 g/mol. The smallest absolute Gasteiger partial charge is 0.330 e. The zero-order valence-corrected chi connectivity index (χ0v) is 19.8. The second-order valence-corrected chi connectivity index (χ2v) is 11.9. The first-order valence-corrected chi connectivity index (χ1v) is 11.8. The number of fused-ring (bicyclic) bond motifs is 5. The fourth-order valence-electron chi connectivity index (χ4n) is 8.78. The van der Waals surface area contributed by atoms with E-state index in [0.717, 1.165) is 5.56 Å². The van der Waals surface area contributed by atoms with Crippen LogP contribution in [0.1, 0.15) is 58.9 Å². The lowest BCUT2D eigenvalue weighted by molar-refractivity contribution is -0.277. The first-order chi connectivity index (χ1) is 15.3. The molecule has 1 aromatic heterocycles. The highest BCUT2D eigenvalue weighted by Gasteiger charge is 2.76. The Bertz CT molecular complexity index is 1010. The number of furan rings is 1. The van der Waals surface area contributed by atoms with Crippen molar-refractivity contribution in [1.29, 1.82) is 0 Å². The van der Waals surface area contributed by atoms with Crippen LogP contribution in [0.25, 0.3) is 0 Å². The molecule has 0 unspecified atom stereocenters. The summed E-state index contributed by atoms with van der Waals surface area (Å²) in [4.78, 5) is 26.0. The van der Waals surface area contributed by atoms with E-state index in [1.807, 2.05) is 34.6 Å². The van der Waals surface area contributed by atoms with Crippen molar-refractivity contribution in [3.05, 3.63) is 36.3 Å². The van der Waals surface area contributed by atoms with Crippen LogP contribution in [-0.4, -0.2) is 51.0 Å². The van der Waals surface area contributed by atoms with Crippen molar-refractivity contribution in [3.63, 3.8) is 0 Å². The van der Waals surface area contributed by atoms with Gasteiger partial charge in [-0.2, -0.15) is 0 Å². The number of Topliss-reactive ketones (excluding diaryl/α,β-unsaturated/α-hetero) is 1. The monoisotopic (exact) mass is 458 g/mol. The summed E-state index contributed by atoms with van der Waals surface area (Å²) in [6, 6.07) is 1.80. The van der Waals surface area contributed by atoms with Crippen LogP contribution in [0.3, 0.4) is 0 Å². The van der Waals surface area contributed by atoms with E-state index in [-0.39, 0.29) is 24.0 Å². The quantitative estimate of drug-likeness (QED) is 0.554. The number of ketones is 1. The van der Waals surface area contributed by atoms with E-state index >= 15 is 0 Å². The fourth-order valence-corrected chi connectivity index (χ4v) is 8.78. The standard InChI is InChI=1S/C26H34O7/c1-23(2)16-11-17(28)26(5)20-15(27)10-14(13-7-9-32-12-13)25(20,4)22(31)19(30)21(26)24(16,3)8-6-18(29)33-23/h6-9,12,14,16-17,19-22,28,30-31H,10-11H2,1-5H3/t14-,16-,17+,19+,20+,21+,22-,24-,25-,26-/m0/s1. The number of rotatable bonds is 1. The Labute approximate surface area is 193 Å². The minimum absolute atomic E-state index is 0.0209. The van der Waals surface area contributed by atoms with Crippen molar-refractivity contribution in [3.8, 4) is 0 Å². The van der Waals surface area contributed by atoms with Gasteiger partial charge in [0.1, 0.15) is 11.4 Å². The maximum absolute atomic E-state index is 13.7. The fraction of sp³-hybridized carbons (Fsp3) is 0.692. The number of hydrogen-bond acceptors (Lipinski definition) is 7. The van der Waals surface area contributed by atoms with Crippen LogP contribution >= 0.6 is 0 Å². The van der Waals surface area contributed by atoms with Gasteiger partial charge in [-0.15, -0.1) is 0 Å². The molecule has 180 valence electrons. The minimum atomic E-state index is -1.22. The second-order valence-electron chi connectivity index (χ2n) is 11.9. The van der Waals surface area contributed by atoms with E-state index in [0.29, 0.717) is 6.42 Å². The molecule has 0 spiro atoms. The van der Waals surface area contributed by atoms with Gasteiger partial charge in [0.25, 0.3) is 0 Å². The van der Waals surface area contributed by atoms with Gasteiger partial charge in [-0.05, 0) is 37.3 Å². The number of aliphatic hydroxyl groups excluding tert-OH is 3. The highest BCUT2D eigenvalue weighted by Crippen LogP contribution is 2.72. The minimum Gasteiger partial charge on any atom is -0.472 e. The van der Waals surface area contributed by atoms with Gasteiger partial charge < -0.3 is 24.5 Å². The maximum atomic E-state index is 13.7. The molecular formula is C26H34O7. The summed E-state index contributed by atoms with van der Waals surface area (Å²) in [7, 11) is 0. The van der Waals surface area contributed by atoms with Gasteiger partial charge in [-0.1, -0.05) is 26.8 Å². The lowest BCUT2D eigenvalue weighted by Gasteiger charge is -2.68. The molecule has 2 heterocycles. The highest BCUT2D eigenvalue weighted by atomic mass is 16.6. The molecule has 4 aliphatic rings. The van der Waals surface area contributed by atoms with Crippen LogP contribution in [0.15, 0.2) is 35.2 Å². The van der Waals surface area contributed by atoms with Gasteiger partial charge in [0, 0.05) is 47.0 Å². The number of cyclic esters (lactones) is 1. The zero-order valence-electron chi connectivity index (χ0n) is 19.8. The average Bonchev–Trinajstić information content (AvgIpc) is 3.32. The Balaban J connectivity index is 1.71. The SMILES string of the molecule is CC1(C)OC(=O)C=C[C@]2(C)[C@H]3[C@@H](O)[C@H](O)[C@]4(C)[C@@H](C(=O)C[C@H]4c4ccoc4)[C@]3(C)[C@H](O)C[C@@H]12. The molecule has 0 aromatic carbocycles. The third kappa shape index (κ3) is 2.67. The van der Waals surface area contributed by atoms with E-state index in [1.165, 1.54) is 6.08 Å². The Hall–Kier alpha value is -1.96. The topological polar surface area (TPSA) is 117 Å². The van der Waals surface area contributed by atoms with Gasteiger partial charge in [0.05, 0.1) is 30.8 Å². The Morgan fingerprint density at radius 1 is 1.03 bits per heavy atom. The molecule has 10 atom stereocenters. The number of allylic oxidation sites excluding steroid dienone is 1. The predicted octanol–water partition coefficient (Wildman–Crippen LogP) is 2.60. The van der Waals surface area contributed by atoms with Gasteiger partial charge >= 0.3 is 5.97 Å². The van der Waals surface area contributed by atoms with Crippen LogP contribution in [0.4, 0.5) is 0 Å². The molecular weight excluding hydrogens is 424 g/mol. The summed E-state index contributed by atoms with van der Waals surface area (Å²) < 4.78 is 11.0. The van der Waals surface area contributed by atoms with Crippen LogP contribution in [0.5, 0.6) is 0 Å². The lowest BCUT2D eigenvalue weighted by atomic mass is 9.37. The molecule has 3 fully saturated rings. The molecule has 0 amide bonds. The van der Waals surface area contributed by atoms with Gasteiger partial charge in [-0.3, -0.25) is 4.79 Å². The van der Waals surface area contributed by atoms with Crippen LogP contribution in [0.2, 0.25) is 0 Å². The molecule has 0 bridgehead atoms. The number of ether oxygens (including phenoxy) is 1. The molecule has 0 saturated heterocycles. The number of carbonyl (C=O) groups is 2. The third-order valence-electron chi connectivity index (χ3n) is 10.0. The number of hydrogen-bond donors (Lipinski definition) is 3. The summed E-state index contributed by atoms with van der Waals surface area (Å²) in [5, 5.41) is 35.1. The highest BCUT2D eigenvalue weighted by molar-refractivity contribution is 5.87. The van der Waals surface area contributed by atoms with Crippen LogP contribution in [0, 0.1) is 34.0 Å². The Kier molecular flexibility index (Phi) is 4.70. The van der Waals surface area contributed by atoms with Crippen LogP contribution in [-0.2, 0) is 14.3 Å². The van der Waals surface area contributed by atoms with Crippen molar-refractivity contribution in [1.82, 2.24) is 0 Å². The molecule has 7 heteroatoms. The molecule has 1 aliphatic heterocycles. The van der Waals surface area contributed by atoms with Crippen molar-refractivity contribution >= 4 is 11.8 Å². The van der Waals surface area contributed by atoms with E-state index in [4.69, 9.17) is 9.15 Å². The van der Waals surface area contributed by atoms with Crippen LogP contribution < -0.4 is 0 Å². The van der Waals surface area contributed by atoms with E-state index in [2.05, 4.69) is 0 Å². The summed E-state index contributed by atoms with van der Waals surface area (Å²) in [5.41, 5.74) is -2.87. The largest absolute Gasteiger partial charge is 0.472 e. The van der Waals surface area contributed by atoms with Gasteiger partial charge in [0.15, 0.2) is 0 Å². The summed E-state index contributed by atoms with van der Waals surface area (Å²) in [6.07, 6.45) is 3.47. The van der Waals surface area contributed by atoms with Crippen molar-refractivity contribution in [2.45, 2.75) is 77.3 Å². The number of carbonyl (C=O) groups excluding carboxylic acids is 2. The summed E-state index contributed by atoms with van der Waals surface area (Å²) in [6.45, 7) is 9.34. The zero-order chi connectivity index (χ0) is 24.1. The predicted molar refractivity (Wildman–Crippen MR) is 118 cm³/mol. The van der Waals surface area contributed by atoms with Gasteiger partial charge in [0.2, 0.25) is 0 Å². The molecule has 33 heavy (non-hydrogen) atoms. The molecule has 3 N–H and O–H groups in total. The first kappa shape index (κ1) is 22.8. The number of esters is 1. The number of aliphatic hydroxyl groups is 3. The maximum Gasteiger partial charge on any atom is 0.330 e. The van der Waals surface area contributed by atoms with Gasteiger partial charge in [-0.25, -0.2) is 4.79 Å². The molecule has 3 aliphatic carbocycles. The second kappa shape index (κ2) is 6.80. The summed E-state index contributed by atoms with van der Waals surface area (Å²) in [5.74, 6) is -2.47.